The van der Waals surface area contributed by atoms with E-state index < -0.39 is 29.3 Å². The number of aromatic amines is 1. The average Bonchev–Trinajstić information content (AvgIpc) is 3.50. The molecule has 0 saturated carbocycles. The number of aromatic nitrogens is 4. The van der Waals surface area contributed by atoms with Crippen LogP contribution in [-0.2, 0) is 7.05 Å². The Morgan fingerprint density at radius 2 is 1.87 bits per heavy atom. The van der Waals surface area contributed by atoms with Crippen molar-refractivity contribution < 1.29 is 32.6 Å². The summed E-state index contributed by atoms with van der Waals surface area (Å²) in [7, 11) is 1.75. The molecule has 0 saturated heterocycles. The minimum Gasteiger partial charge on any atom is -0.491 e. The fraction of sp³-hybridized carbons (Fsp3) is 0.185. The van der Waals surface area contributed by atoms with Gasteiger partial charge in [-0.2, -0.15) is 0 Å². The SMILES string of the molecule is CC(c1nc2c(F)c(F)c(F)cc2[nH]1)c1nc2ccc(C(=O)NCCOc3ccccc3C(=O)O)cc2n1C. The number of aryl methyl sites for hydroxylation is 1. The minimum absolute atomic E-state index is 0.0291. The predicted octanol–water partition coefficient (Wildman–Crippen LogP) is 4.53. The standard InChI is InChI=1S/C27H22F3N5O4/c1-13(24-32-18-12-16(28)21(29)22(30)23(18)34-24)25-33-17-8-7-14(11-19(17)35(25)2)26(36)31-9-10-39-20-6-4-3-5-15(20)27(37)38/h3-8,11-13H,9-10H2,1-2H3,(H,31,36)(H,32,34)(H,37,38). The number of aromatic carboxylic acids is 1. The topological polar surface area (TPSA) is 122 Å². The van der Waals surface area contributed by atoms with E-state index in [2.05, 4.69) is 20.3 Å². The quantitative estimate of drug-likeness (QED) is 0.198. The van der Waals surface area contributed by atoms with Crippen LogP contribution in [0.4, 0.5) is 13.2 Å². The van der Waals surface area contributed by atoms with Gasteiger partial charge in [-0.25, -0.2) is 27.9 Å². The molecule has 0 bridgehead atoms. The summed E-state index contributed by atoms with van der Waals surface area (Å²) in [6.07, 6.45) is 0. The Balaban J connectivity index is 1.31. The van der Waals surface area contributed by atoms with E-state index in [1.807, 2.05) is 0 Å². The maximum absolute atomic E-state index is 14.2. The molecule has 200 valence electrons. The van der Waals surface area contributed by atoms with Gasteiger partial charge in [-0.05, 0) is 37.3 Å². The number of hydrogen-bond acceptors (Lipinski definition) is 5. The molecule has 0 aliphatic carbocycles. The molecule has 5 aromatic rings. The Kier molecular flexibility index (Phi) is 6.69. The van der Waals surface area contributed by atoms with E-state index in [9.17, 15) is 27.9 Å². The molecule has 3 N–H and O–H groups in total. The van der Waals surface area contributed by atoms with Crippen molar-refractivity contribution in [3.05, 3.63) is 88.8 Å². The average molecular weight is 537 g/mol. The molecule has 3 aromatic carbocycles. The highest BCUT2D eigenvalue weighted by Gasteiger charge is 2.23. The van der Waals surface area contributed by atoms with Crippen LogP contribution >= 0.6 is 0 Å². The van der Waals surface area contributed by atoms with Crippen molar-refractivity contribution in [2.75, 3.05) is 13.2 Å². The van der Waals surface area contributed by atoms with E-state index >= 15 is 0 Å². The summed E-state index contributed by atoms with van der Waals surface area (Å²) >= 11 is 0. The largest absolute Gasteiger partial charge is 0.491 e. The molecule has 0 spiro atoms. The van der Waals surface area contributed by atoms with Gasteiger partial charge in [0.1, 0.15) is 35.1 Å². The zero-order valence-electron chi connectivity index (χ0n) is 20.8. The van der Waals surface area contributed by atoms with E-state index in [1.165, 1.54) is 6.07 Å². The smallest absolute Gasteiger partial charge is 0.339 e. The zero-order chi connectivity index (χ0) is 27.8. The molecule has 0 aliphatic heterocycles. The van der Waals surface area contributed by atoms with Crippen LogP contribution in [0.2, 0.25) is 0 Å². The lowest BCUT2D eigenvalue weighted by molar-refractivity contribution is 0.0691. The van der Waals surface area contributed by atoms with Gasteiger partial charge in [-0.15, -0.1) is 0 Å². The maximum atomic E-state index is 14.2. The van der Waals surface area contributed by atoms with Crippen LogP contribution in [-0.4, -0.2) is 49.7 Å². The van der Waals surface area contributed by atoms with Gasteiger partial charge < -0.3 is 24.7 Å². The van der Waals surface area contributed by atoms with Crippen LogP contribution in [0.25, 0.3) is 22.1 Å². The van der Waals surface area contributed by atoms with Crippen LogP contribution in [0.3, 0.4) is 0 Å². The highest BCUT2D eigenvalue weighted by molar-refractivity contribution is 5.97. The monoisotopic (exact) mass is 537 g/mol. The van der Waals surface area contributed by atoms with Gasteiger partial charge >= 0.3 is 5.97 Å². The second-order valence-electron chi connectivity index (χ2n) is 8.86. The Bertz CT molecular complexity index is 1750. The lowest BCUT2D eigenvalue weighted by Crippen LogP contribution is -2.28. The molecule has 39 heavy (non-hydrogen) atoms. The Morgan fingerprint density at radius 1 is 1.10 bits per heavy atom. The molecule has 2 heterocycles. The van der Waals surface area contributed by atoms with E-state index in [1.54, 1.807) is 54.9 Å². The van der Waals surface area contributed by atoms with Crippen LogP contribution in [0.1, 0.15) is 45.2 Å². The highest BCUT2D eigenvalue weighted by Crippen LogP contribution is 2.29. The lowest BCUT2D eigenvalue weighted by atomic mass is 10.1. The number of ether oxygens (including phenoxy) is 1. The number of fused-ring (bicyclic) bond motifs is 2. The third-order valence-corrected chi connectivity index (χ3v) is 6.37. The van der Waals surface area contributed by atoms with Crippen LogP contribution < -0.4 is 10.1 Å². The highest BCUT2D eigenvalue weighted by atomic mass is 19.2. The summed E-state index contributed by atoms with van der Waals surface area (Å²) in [6.45, 7) is 1.97. The van der Waals surface area contributed by atoms with E-state index in [0.29, 0.717) is 22.4 Å². The number of rotatable bonds is 8. The molecule has 0 aliphatic rings. The van der Waals surface area contributed by atoms with Crippen LogP contribution in [0.5, 0.6) is 5.75 Å². The third kappa shape index (κ3) is 4.76. The van der Waals surface area contributed by atoms with Gasteiger partial charge in [0.25, 0.3) is 5.91 Å². The fourth-order valence-corrected chi connectivity index (χ4v) is 4.34. The molecule has 1 amide bonds. The summed E-state index contributed by atoms with van der Waals surface area (Å²) in [6, 6.07) is 12.0. The number of para-hydroxylation sites is 1. The maximum Gasteiger partial charge on any atom is 0.339 e. The van der Waals surface area contributed by atoms with Gasteiger partial charge in [-0.1, -0.05) is 12.1 Å². The molecule has 1 unspecified atom stereocenters. The van der Waals surface area contributed by atoms with Crippen molar-refractivity contribution in [1.29, 1.82) is 0 Å². The van der Waals surface area contributed by atoms with Gasteiger partial charge in [0.05, 0.1) is 29.0 Å². The molecular weight excluding hydrogens is 515 g/mol. The number of carboxylic acid groups (broad SMARTS) is 1. The van der Waals surface area contributed by atoms with Crippen molar-refractivity contribution in [3.8, 4) is 5.75 Å². The van der Waals surface area contributed by atoms with E-state index in [4.69, 9.17) is 4.74 Å². The van der Waals surface area contributed by atoms with Crippen molar-refractivity contribution >= 4 is 33.9 Å². The normalized spacial score (nSPS) is 12.1. The molecule has 5 rings (SSSR count). The number of carboxylic acids is 1. The van der Waals surface area contributed by atoms with Gasteiger partial charge in [0.15, 0.2) is 17.5 Å². The number of H-pyrrole nitrogens is 1. The number of nitrogens with zero attached hydrogens (tertiary/aromatic N) is 3. The number of carbonyl (C=O) groups is 2. The molecule has 2 aromatic heterocycles. The number of hydrogen-bond donors (Lipinski definition) is 3. The Morgan fingerprint density at radius 3 is 2.64 bits per heavy atom. The summed E-state index contributed by atoms with van der Waals surface area (Å²) in [5, 5.41) is 12.0. The van der Waals surface area contributed by atoms with Crippen molar-refractivity contribution in [3.63, 3.8) is 0 Å². The Hall–Kier alpha value is -4.87. The van der Waals surface area contributed by atoms with E-state index in [0.717, 1.165) is 6.07 Å². The first-order valence-electron chi connectivity index (χ1n) is 11.9. The molecule has 0 fully saturated rings. The third-order valence-electron chi connectivity index (χ3n) is 6.37. The summed E-state index contributed by atoms with van der Waals surface area (Å²) < 4.78 is 48.7. The van der Waals surface area contributed by atoms with Gasteiger partial charge in [0.2, 0.25) is 0 Å². The van der Waals surface area contributed by atoms with E-state index in [-0.39, 0.29) is 47.2 Å². The molecule has 0 radical (unpaired) electrons. The summed E-state index contributed by atoms with van der Waals surface area (Å²) in [4.78, 5) is 35.6. The van der Waals surface area contributed by atoms with Crippen molar-refractivity contribution in [1.82, 2.24) is 24.8 Å². The second-order valence-corrected chi connectivity index (χ2v) is 8.86. The number of carbonyl (C=O) groups excluding carboxylic acids is 1. The summed E-state index contributed by atoms with van der Waals surface area (Å²) in [5.74, 6) is -5.21. The van der Waals surface area contributed by atoms with Crippen LogP contribution in [0, 0.1) is 17.5 Å². The molecular formula is C27H22F3N5O4. The number of halogens is 3. The van der Waals surface area contributed by atoms with Crippen molar-refractivity contribution in [2.24, 2.45) is 7.05 Å². The summed E-state index contributed by atoms with van der Waals surface area (Å²) in [5.41, 5.74) is 1.37. The fourth-order valence-electron chi connectivity index (χ4n) is 4.34. The number of benzene rings is 3. The molecule has 1 atom stereocenters. The lowest BCUT2D eigenvalue weighted by Gasteiger charge is -2.10. The van der Waals surface area contributed by atoms with Gasteiger partial charge in [0, 0.05) is 18.7 Å². The first-order valence-corrected chi connectivity index (χ1v) is 11.9. The second kappa shape index (κ2) is 10.1. The molecule has 12 heteroatoms. The van der Waals surface area contributed by atoms with Crippen molar-refractivity contribution in [2.45, 2.75) is 12.8 Å². The minimum atomic E-state index is -1.58. The number of imidazole rings is 2. The first-order chi connectivity index (χ1) is 18.7. The predicted molar refractivity (Wildman–Crippen MR) is 135 cm³/mol. The van der Waals surface area contributed by atoms with Crippen LogP contribution in [0.15, 0.2) is 48.5 Å². The number of nitrogens with one attached hydrogen (secondary N) is 2. The number of amides is 1. The Labute approximate surface area is 219 Å². The zero-order valence-corrected chi connectivity index (χ0v) is 20.8. The first kappa shape index (κ1) is 25.8. The molecule has 9 nitrogen and oxygen atoms in total. The van der Waals surface area contributed by atoms with Gasteiger partial charge in [-0.3, -0.25) is 4.79 Å².